The topological polar surface area (TPSA) is 32.3 Å². The van der Waals surface area contributed by atoms with E-state index in [-0.39, 0.29) is 23.7 Å². The molecule has 1 saturated heterocycles. The Kier molecular flexibility index (Phi) is 5.12. The monoisotopic (exact) mass is 278 g/mol. The van der Waals surface area contributed by atoms with Gasteiger partial charge in [-0.1, -0.05) is 12.1 Å². The lowest BCUT2D eigenvalue weighted by atomic mass is 9.86. The number of carbonyl (C=O) groups is 1. The Morgan fingerprint density at radius 2 is 2.15 bits per heavy atom. The molecule has 1 amide bonds. The van der Waals surface area contributed by atoms with Crippen molar-refractivity contribution in [1.82, 2.24) is 10.2 Å². The number of piperidine rings is 1. The van der Waals surface area contributed by atoms with Crippen molar-refractivity contribution >= 4 is 5.91 Å². The average Bonchev–Trinajstić information content (AvgIpc) is 2.48. The van der Waals surface area contributed by atoms with Crippen LogP contribution in [0.3, 0.4) is 0 Å². The minimum absolute atomic E-state index is 0.142. The number of amides is 1. The Morgan fingerprint density at radius 3 is 2.80 bits per heavy atom. The van der Waals surface area contributed by atoms with E-state index in [1.807, 2.05) is 24.8 Å². The summed E-state index contributed by atoms with van der Waals surface area (Å²) in [6.07, 6.45) is 1.70. The van der Waals surface area contributed by atoms with Crippen LogP contribution in [0, 0.1) is 5.82 Å². The molecule has 1 fully saturated rings. The first-order valence-corrected chi connectivity index (χ1v) is 7.43. The molecule has 2 rings (SSSR count). The standard InChI is InChI=1S/C16H23FN2O/c1-3-19(4-2)16(20)15-11-13(8-9-18-15)12-6-5-7-14(17)10-12/h5-7,10,13,15,18H,3-4,8-9,11H2,1-2H3. The Hall–Kier alpha value is -1.42. The summed E-state index contributed by atoms with van der Waals surface area (Å²) >= 11 is 0. The molecule has 1 aromatic rings. The second kappa shape index (κ2) is 6.84. The van der Waals surface area contributed by atoms with Crippen LogP contribution in [0.15, 0.2) is 24.3 Å². The van der Waals surface area contributed by atoms with Crippen LogP contribution in [-0.2, 0) is 4.79 Å². The van der Waals surface area contributed by atoms with E-state index in [0.29, 0.717) is 0 Å². The van der Waals surface area contributed by atoms with Gasteiger partial charge in [0.05, 0.1) is 6.04 Å². The number of nitrogens with zero attached hydrogens (tertiary/aromatic N) is 1. The van der Waals surface area contributed by atoms with Gasteiger partial charge in [0.1, 0.15) is 5.82 Å². The number of hydrogen-bond donors (Lipinski definition) is 1. The first kappa shape index (κ1) is 15.0. The molecule has 1 aliphatic heterocycles. The number of hydrogen-bond acceptors (Lipinski definition) is 2. The Morgan fingerprint density at radius 1 is 1.40 bits per heavy atom. The van der Waals surface area contributed by atoms with Crippen LogP contribution in [-0.4, -0.2) is 36.5 Å². The molecule has 20 heavy (non-hydrogen) atoms. The summed E-state index contributed by atoms with van der Waals surface area (Å²) in [6.45, 7) is 6.26. The molecular weight excluding hydrogens is 255 g/mol. The summed E-state index contributed by atoms with van der Waals surface area (Å²) in [5.74, 6) is 0.222. The third-order valence-electron chi connectivity index (χ3n) is 4.10. The van der Waals surface area contributed by atoms with Gasteiger partial charge in [0, 0.05) is 13.1 Å². The maximum atomic E-state index is 13.3. The molecule has 0 spiro atoms. The van der Waals surface area contributed by atoms with Crippen LogP contribution in [0.25, 0.3) is 0 Å². The lowest BCUT2D eigenvalue weighted by Gasteiger charge is -2.33. The zero-order valence-electron chi connectivity index (χ0n) is 12.2. The van der Waals surface area contributed by atoms with Crippen LogP contribution in [0.1, 0.15) is 38.2 Å². The highest BCUT2D eigenvalue weighted by Crippen LogP contribution is 2.28. The Balaban J connectivity index is 2.07. The van der Waals surface area contributed by atoms with E-state index in [2.05, 4.69) is 5.32 Å². The lowest BCUT2D eigenvalue weighted by molar-refractivity contribution is -0.133. The first-order chi connectivity index (χ1) is 9.65. The van der Waals surface area contributed by atoms with E-state index in [1.54, 1.807) is 12.1 Å². The Bertz CT molecular complexity index is 460. The molecule has 1 aromatic carbocycles. The van der Waals surface area contributed by atoms with E-state index in [9.17, 15) is 9.18 Å². The minimum atomic E-state index is -0.201. The molecule has 1 heterocycles. The SMILES string of the molecule is CCN(CC)C(=O)C1CC(c2cccc(F)c2)CCN1. The Labute approximate surface area is 120 Å². The molecule has 0 bridgehead atoms. The fourth-order valence-corrected chi connectivity index (χ4v) is 2.92. The minimum Gasteiger partial charge on any atom is -0.342 e. The molecule has 1 aliphatic rings. The molecular formula is C16H23FN2O. The van der Waals surface area contributed by atoms with Crippen molar-refractivity contribution in [3.8, 4) is 0 Å². The first-order valence-electron chi connectivity index (χ1n) is 7.43. The largest absolute Gasteiger partial charge is 0.342 e. The van der Waals surface area contributed by atoms with Crippen molar-refractivity contribution < 1.29 is 9.18 Å². The van der Waals surface area contributed by atoms with Crippen molar-refractivity contribution in [3.63, 3.8) is 0 Å². The van der Waals surface area contributed by atoms with Crippen LogP contribution in [0.5, 0.6) is 0 Å². The number of benzene rings is 1. The van der Waals surface area contributed by atoms with Crippen LogP contribution in [0.2, 0.25) is 0 Å². The van der Waals surface area contributed by atoms with Crippen molar-refractivity contribution in [2.45, 2.75) is 38.6 Å². The summed E-state index contributed by atoms with van der Waals surface area (Å²) in [7, 11) is 0. The summed E-state index contributed by atoms with van der Waals surface area (Å²) in [5, 5.41) is 3.30. The maximum absolute atomic E-state index is 13.3. The van der Waals surface area contributed by atoms with Crippen molar-refractivity contribution in [1.29, 1.82) is 0 Å². The molecule has 0 saturated carbocycles. The van der Waals surface area contributed by atoms with Gasteiger partial charge < -0.3 is 10.2 Å². The predicted octanol–water partition coefficient (Wildman–Crippen LogP) is 2.53. The van der Waals surface area contributed by atoms with Crippen molar-refractivity contribution in [2.75, 3.05) is 19.6 Å². The van der Waals surface area contributed by atoms with Crippen LogP contribution < -0.4 is 5.32 Å². The number of halogens is 1. The molecule has 4 heteroatoms. The van der Waals surface area contributed by atoms with Gasteiger partial charge in [0.15, 0.2) is 0 Å². The number of nitrogens with one attached hydrogen (secondary N) is 1. The zero-order valence-corrected chi connectivity index (χ0v) is 12.2. The highest BCUT2D eigenvalue weighted by atomic mass is 19.1. The third-order valence-corrected chi connectivity index (χ3v) is 4.10. The smallest absolute Gasteiger partial charge is 0.239 e. The molecule has 1 N–H and O–H groups in total. The second-order valence-corrected chi connectivity index (χ2v) is 5.29. The highest BCUT2D eigenvalue weighted by Gasteiger charge is 2.29. The van der Waals surface area contributed by atoms with Gasteiger partial charge in [0.2, 0.25) is 5.91 Å². The fraction of sp³-hybridized carbons (Fsp3) is 0.562. The summed E-state index contributed by atoms with van der Waals surface area (Å²) < 4.78 is 13.3. The third kappa shape index (κ3) is 3.37. The second-order valence-electron chi connectivity index (χ2n) is 5.29. The quantitative estimate of drug-likeness (QED) is 0.918. The van der Waals surface area contributed by atoms with Gasteiger partial charge >= 0.3 is 0 Å². The van der Waals surface area contributed by atoms with Crippen molar-refractivity contribution in [2.24, 2.45) is 0 Å². The van der Waals surface area contributed by atoms with Gasteiger partial charge in [-0.3, -0.25) is 4.79 Å². The van der Waals surface area contributed by atoms with Gasteiger partial charge in [0.25, 0.3) is 0 Å². The van der Waals surface area contributed by atoms with Crippen LogP contribution in [0.4, 0.5) is 4.39 Å². The summed E-state index contributed by atoms with van der Waals surface area (Å²) in [6, 6.07) is 6.61. The molecule has 110 valence electrons. The molecule has 3 nitrogen and oxygen atoms in total. The van der Waals surface area contributed by atoms with Crippen molar-refractivity contribution in [3.05, 3.63) is 35.6 Å². The van der Waals surface area contributed by atoms with Crippen LogP contribution >= 0.6 is 0 Å². The highest BCUT2D eigenvalue weighted by molar-refractivity contribution is 5.82. The fourth-order valence-electron chi connectivity index (χ4n) is 2.92. The molecule has 2 atom stereocenters. The molecule has 0 aliphatic carbocycles. The average molecular weight is 278 g/mol. The van der Waals surface area contributed by atoms with Gasteiger partial charge in [-0.2, -0.15) is 0 Å². The van der Waals surface area contributed by atoms with E-state index in [4.69, 9.17) is 0 Å². The van der Waals surface area contributed by atoms with Gasteiger partial charge in [-0.15, -0.1) is 0 Å². The number of likely N-dealkylation sites (N-methyl/N-ethyl adjacent to an activating group) is 1. The molecule has 0 aromatic heterocycles. The van der Waals surface area contributed by atoms with E-state index < -0.39 is 0 Å². The van der Waals surface area contributed by atoms with E-state index >= 15 is 0 Å². The maximum Gasteiger partial charge on any atom is 0.239 e. The number of carbonyl (C=O) groups excluding carboxylic acids is 1. The zero-order chi connectivity index (χ0) is 14.5. The summed E-state index contributed by atoms with van der Waals surface area (Å²) in [5.41, 5.74) is 1.00. The van der Waals surface area contributed by atoms with Gasteiger partial charge in [-0.05, 0) is 56.8 Å². The van der Waals surface area contributed by atoms with E-state index in [1.165, 1.54) is 6.07 Å². The summed E-state index contributed by atoms with van der Waals surface area (Å²) in [4.78, 5) is 14.2. The van der Waals surface area contributed by atoms with Gasteiger partial charge in [-0.25, -0.2) is 4.39 Å². The predicted molar refractivity (Wildman–Crippen MR) is 78.1 cm³/mol. The lowest BCUT2D eigenvalue weighted by Crippen LogP contribution is -2.49. The normalized spacial score (nSPS) is 22.6. The van der Waals surface area contributed by atoms with E-state index in [0.717, 1.165) is 38.0 Å². The number of rotatable bonds is 4. The molecule has 2 unspecified atom stereocenters. The molecule has 0 radical (unpaired) electrons.